The summed E-state index contributed by atoms with van der Waals surface area (Å²) in [4.78, 5) is 16.5. The second-order valence-corrected chi connectivity index (χ2v) is 6.30. The Labute approximate surface area is 140 Å². The number of amides is 1. The average Bonchev–Trinajstić information content (AvgIpc) is 2.99. The van der Waals surface area contributed by atoms with Crippen LogP contribution in [0.2, 0.25) is 0 Å². The normalized spacial score (nSPS) is 12.0. The molecule has 2 aromatic rings. The monoisotopic (exact) mass is 334 g/mol. The van der Waals surface area contributed by atoms with E-state index in [2.05, 4.69) is 17.2 Å². The molecule has 0 saturated carbocycles. The lowest BCUT2D eigenvalue weighted by Gasteiger charge is -2.09. The van der Waals surface area contributed by atoms with Crippen molar-refractivity contribution in [3.8, 4) is 5.75 Å². The molecule has 0 spiro atoms. The molecule has 23 heavy (non-hydrogen) atoms. The van der Waals surface area contributed by atoms with Gasteiger partial charge in [-0.1, -0.05) is 13.0 Å². The lowest BCUT2D eigenvalue weighted by Crippen LogP contribution is -2.30. The molecular weight excluding hydrogens is 312 g/mol. The van der Waals surface area contributed by atoms with E-state index in [9.17, 15) is 9.90 Å². The summed E-state index contributed by atoms with van der Waals surface area (Å²) in [6.45, 7) is 4.37. The van der Waals surface area contributed by atoms with Crippen LogP contribution in [0.15, 0.2) is 29.6 Å². The van der Waals surface area contributed by atoms with Crippen molar-refractivity contribution in [2.75, 3.05) is 6.54 Å². The molecule has 1 amide bonds. The molecule has 0 fully saturated rings. The van der Waals surface area contributed by atoms with Gasteiger partial charge in [0, 0.05) is 17.5 Å². The summed E-state index contributed by atoms with van der Waals surface area (Å²) in [6.07, 6.45) is 1.50. The number of nitrogens with zero attached hydrogens (tertiary/aromatic N) is 1. The fourth-order valence-electron chi connectivity index (χ4n) is 1.97. The fraction of sp³-hybridized carbons (Fsp3) is 0.412. The Hall–Kier alpha value is -1.92. The summed E-state index contributed by atoms with van der Waals surface area (Å²) in [5.41, 5.74) is 1.41. The van der Waals surface area contributed by atoms with E-state index >= 15 is 0 Å². The van der Waals surface area contributed by atoms with Crippen molar-refractivity contribution in [2.45, 2.75) is 39.4 Å². The van der Waals surface area contributed by atoms with Crippen LogP contribution in [0.25, 0.3) is 0 Å². The molecule has 2 N–H and O–H groups in total. The number of aromatic nitrogens is 1. The summed E-state index contributed by atoms with van der Waals surface area (Å²) in [5.74, 6) is 0.398. The minimum atomic E-state index is -0.569. The van der Waals surface area contributed by atoms with Crippen LogP contribution in [0, 0.1) is 0 Å². The van der Waals surface area contributed by atoms with Crippen LogP contribution in [-0.4, -0.2) is 28.6 Å². The van der Waals surface area contributed by atoms with E-state index in [4.69, 9.17) is 4.74 Å². The topological polar surface area (TPSA) is 71.5 Å². The maximum Gasteiger partial charge on any atom is 0.251 e. The van der Waals surface area contributed by atoms with E-state index in [1.165, 1.54) is 0 Å². The van der Waals surface area contributed by atoms with Crippen LogP contribution in [0.5, 0.6) is 5.75 Å². The minimum absolute atomic E-state index is 0.225. The molecule has 1 atom stereocenters. The van der Waals surface area contributed by atoms with Crippen LogP contribution >= 0.6 is 11.3 Å². The zero-order chi connectivity index (χ0) is 16.7. The summed E-state index contributed by atoms with van der Waals surface area (Å²) in [7, 11) is 0. The Balaban J connectivity index is 1.92. The van der Waals surface area contributed by atoms with E-state index in [0.29, 0.717) is 17.9 Å². The number of aryl methyl sites for hydroxylation is 1. The molecule has 0 aliphatic carbocycles. The summed E-state index contributed by atoms with van der Waals surface area (Å²) in [5, 5.41) is 15.0. The summed E-state index contributed by atoms with van der Waals surface area (Å²) < 4.78 is 5.71. The predicted molar refractivity (Wildman–Crippen MR) is 90.9 cm³/mol. The Morgan fingerprint density at radius 1 is 1.48 bits per heavy atom. The molecule has 1 heterocycles. The van der Waals surface area contributed by atoms with Gasteiger partial charge in [-0.3, -0.25) is 4.79 Å². The Morgan fingerprint density at radius 2 is 2.30 bits per heavy atom. The third kappa shape index (κ3) is 5.65. The Kier molecular flexibility index (Phi) is 6.55. The largest absolute Gasteiger partial charge is 0.487 e. The molecule has 0 saturated heterocycles. The number of benzene rings is 1. The minimum Gasteiger partial charge on any atom is -0.487 e. The first kappa shape index (κ1) is 17.4. The van der Waals surface area contributed by atoms with Gasteiger partial charge in [-0.2, -0.15) is 0 Å². The van der Waals surface area contributed by atoms with Crippen LogP contribution in [0.4, 0.5) is 0 Å². The molecule has 2 rings (SSSR count). The zero-order valence-corrected chi connectivity index (χ0v) is 14.2. The molecule has 1 aromatic heterocycles. The van der Waals surface area contributed by atoms with Gasteiger partial charge in [-0.25, -0.2) is 4.98 Å². The van der Waals surface area contributed by atoms with E-state index in [1.807, 2.05) is 11.4 Å². The number of ether oxygens (including phenoxy) is 1. The SMILES string of the molecule is CCCc1nc(COc2cccc(C(=O)NCC(C)O)c2)cs1. The van der Waals surface area contributed by atoms with Crippen LogP contribution in [0.1, 0.15) is 41.3 Å². The number of rotatable bonds is 8. The zero-order valence-electron chi connectivity index (χ0n) is 13.4. The van der Waals surface area contributed by atoms with Gasteiger partial charge in [-0.05, 0) is 38.0 Å². The number of aliphatic hydroxyl groups is 1. The van der Waals surface area contributed by atoms with Crippen molar-refractivity contribution >= 4 is 17.2 Å². The highest BCUT2D eigenvalue weighted by Crippen LogP contribution is 2.17. The summed E-state index contributed by atoms with van der Waals surface area (Å²) >= 11 is 1.65. The quantitative estimate of drug-likeness (QED) is 0.779. The highest BCUT2D eigenvalue weighted by molar-refractivity contribution is 7.09. The average molecular weight is 334 g/mol. The number of nitrogens with one attached hydrogen (secondary N) is 1. The number of aliphatic hydroxyl groups excluding tert-OH is 1. The molecule has 0 aliphatic heterocycles. The lowest BCUT2D eigenvalue weighted by molar-refractivity contribution is 0.0923. The second-order valence-electron chi connectivity index (χ2n) is 5.36. The summed E-state index contributed by atoms with van der Waals surface area (Å²) in [6, 6.07) is 6.99. The van der Waals surface area contributed by atoms with E-state index < -0.39 is 6.10 Å². The Morgan fingerprint density at radius 3 is 3.04 bits per heavy atom. The second kappa shape index (κ2) is 8.64. The third-order valence-electron chi connectivity index (χ3n) is 3.10. The van der Waals surface area contributed by atoms with Crippen molar-refractivity contribution in [1.82, 2.24) is 10.3 Å². The molecule has 6 heteroatoms. The van der Waals surface area contributed by atoms with Gasteiger partial charge in [-0.15, -0.1) is 11.3 Å². The molecule has 0 radical (unpaired) electrons. The fourth-order valence-corrected chi connectivity index (χ4v) is 2.86. The van der Waals surface area contributed by atoms with Crippen molar-refractivity contribution in [2.24, 2.45) is 0 Å². The van der Waals surface area contributed by atoms with Gasteiger partial charge in [0.25, 0.3) is 5.91 Å². The van der Waals surface area contributed by atoms with Crippen molar-refractivity contribution < 1.29 is 14.6 Å². The van der Waals surface area contributed by atoms with Gasteiger partial charge in [0.15, 0.2) is 0 Å². The predicted octanol–water partition coefficient (Wildman–Crippen LogP) is 2.79. The third-order valence-corrected chi connectivity index (χ3v) is 4.06. The highest BCUT2D eigenvalue weighted by atomic mass is 32.1. The number of carbonyl (C=O) groups excluding carboxylic acids is 1. The van der Waals surface area contributed by atoms with E-state index in [1.54, 1.807) is 36.5 Å². The first-order valence-corrected chi connectivity index (χ1v) is 8.59. The Bertz CT molecular complexity index is 640. The van der Waals surface area contributed by atoms with Gasteiger partial charge in [0.2, 0.25) is 0 Å². The highest BCUT2D eigenvalue weighted by Gasteiger charge is 2.08. The molecule has 5 nitrogen and oxygen atoms in total. The van der Waals surface area contributed by atoms with Gasteiger partial charge < -0.3 is 15.2 Å². The van der Waals surface area contributed by atoms with Gasteiger partial charge >= 0.3 is 0 Å². The molecule has 0 aliphatic rings. The van der Waals surface area contributed by atoms with Crippen molar-refractivity contribution in [3.63, 3.8) is 0 Å². The van der Waals surface area contributed by atoms with Crippen LogP contribution in [0.3, 0.4) is 0 Å². The number of thiazole rings is 1. The maximum atomic E-state index is 12.0. The van der Waals surface area contributed by atoms with Gasteiger partial charge in [0.05, 0.1) is 16.8 Å². The van der Waals surface area contributed by atoms with Gasteiger partial charge in [0.1, 0.15) is 12.4 Å². The standard InChI is InChI=1S/C17H22N2O3S/c1-3-5-16-19-14(11-23-16)10-22-15-7-4-6-13(8-15)17(21)18-9-12(2)20/h4,6-8,11-12,20H,3,5,9-10H2,1-2H3,(H,18,21). The van der Waals surface area contributed by atoms with E-state index in [-0.39, 0.29) is 12.5 Å². The first-order chi connectivity index (χ1) is 11.1. The molecule has 124 valence electrons. The molecular formula is C17H22N2O3S. The first-order valence-electron chi connectivity index (χ1n) is 7.71. The van der Waals surface area contributed by atoms with Crippen molar-refractivity contribution in [1.29, 1.82) is 0 Å². The van der Waals surface area contributed by atoms with Crippen molar-refractivity contribution in [3.05, 3.63) is 45.9 Å². The molecule has 1 aromatic carbocycles. The lowest BCUT2D eigenvalue weighted by atomic mass is 10.2. The molecule has 0 bridgehead atoms. The van der Waals surface area contributed by atoms with Crippen LogP contribution in [-0.2, 0) is 13.0 Å². The van der Waals surface area contributed by atoms with E-state index in [0.717, 1.165) is 23.5 Å². The maximum absolute atomic E-state index is 12.0. The smallest absolute Gasteiger partial charge is 0.251 e. The molecule has 1 unspecified atom stereocenters. The number of hydrogen-bond donors (Lipinski definition) is 2. The van der Waals surface area contributed by atoms with Crippen LogP contribution < -0.4 is 10.1 Å². The number of hydrogen-bond acceptors (Lipinski definition) is 5. The number of carbonyl (C=O) groups is 1.